The molecule has 0 N–H and O–H groups in total. The zero-order chi connectivity index (χ0) is 24.7. The van der Waals surface area contributed by atoms with Gasteiger partial charge in [0.25, 0.3) is 17.7 Å². The number of rotatable bonds is 5. The first-order chi connectivity index (χ1) is 16.1. The van der Waals surface area contributed by atoms with Crippen LogP contribution in [0.5, 0.6) is 0 Å². The van der Waals surface area contributed by atoms with Gasteiger partial charge < -0.3 is 0 Å². The van der Waals surface area contributed by atoms with Crippen LogP contribution in [0.4, 0.5) is 0 Å². The summed E-state index contributed by atoms with van der Waals surface area (Å²) in [6, 6.07) is 10.3. The van der Waals surface area contributed by atoms with Crippen LogP contribution in [0.25, 0.3) is 0 Å². The number of hydrogen-bond donors (Lipinski definition) is 0. The van der Waals surface area contributed by atoms with Gasteiger partial charge in [-0.3, -0.25) is 19.2 Å². The highest BCUT2D eigenvalue weighted by atomic mass is 79.9. The first kappa shape index (κ1) is 25.6. The van der Waals surface area contributed by atoms with E-state index in [2.05, 4.69) is 31.9 Å². The van der Waals surface area contributed by atoms with Crippen molar-refractivity contribution < 1.29 is 19.2 Å². The Balaban J connectivity index is 1.71. The van der Waals surface area contributed by atoms with Crippen molar-refractivity contribution in [1.29, 1.82) is 0 Å². The number of nitrogens with zero attached hydrogens (tertiary/aromatic N) is 2. The Kier molecular flexibility index (Phi) is 7.74. The van der Waals surface area contributed by atoms with Crippen molar-refractivity contribution in [1.82, 2.24) is 10.0 Å². The topological polar surface area (TPSA) is 74.8 Å². The van der Waals surface area contributed by atoms with Crippen molar-refractivity contribution in [3.63, 3.8) is 0 Å². The van der Waals surface area contributed by atoms with E-state index in [0.29, 0.717) is 17.9 Å². The summed E-state index contributed by atoms with van der Waals surface area (Å²) in [5.74, 6) is -3.35. The molecule has 0 unspecified atom stereocenters. The predicted molar refractivity (Wildman–Crippen MR) is 137 cm³/mol. The normalized spacial score (nSPS) is 24.2. The molecule has 4 rings (SSSR count). The van der Waals surface area contributed by atoms with E-state index < -0.39 is 41.9 Å². The number of carbonyl (C=O) groups excluding carboxylic acids is 4. The molecule has 34 heavy (non-hydrogen) atoms. The smallest absolute Gasteiger partial charge is 0.273 e. The summed E-state index contributed by atoms with van der Waals surface area (Å²) in [7, 11) is 0. The molecule has 6 nitrogen and oxygen atoms in total. The summed E-state index contributed by atoms with van der Waals surface area (Å²) in [5.41, 5.74) is 0.374. The molecule has 2 aromatic carbocycles. The lowest BCUT2D eigenvalue weighted by Crippen LogP contribution is -2.52. The second-order valence-electron chi connectivity index (χ2n) is 8.13. The number of hydrazine groups is 1. The molecule has 1 saturated carbocycles. The fraction of sp³-hybridized carbons (Fsp3) is 0.304. The molecule has 178 valence electrons. The number of Topliss-reactive ketones (excluding diaryl/α,β-unsaturated/α-hetero) is 1. The van der Waals surface area contributed by atoms with Crippen LogP contribution in [-0.2, 0) is 9.59 Å². The second kappa shape index (κ2) is 10.3. The number of benzene rings is 2. The molecule has 0 radical (unpaired) electrons. The third-order valence-electron chi connectivity index (χ3n) is 5.99. The van der Waals surface area contributed by atoms with Gasteiger partial charge in [-0.2, -0.15) is 5.01 Å². The third-order valence-corrected chi connectivity index (χ3v) is 9.71. The Morgan fingerprint density at radius 3 is 1.91 bits per heavy atom. The van der Waals surface area contributed by atoms with Crippen molar-refractivity contribution in [2.75, 3.05) is 6.54 Å². The molecule has 3 amide bonds. The minimum atomic E-state index is -0.716. The van der Waals surface area contributed by atoms with E-state index in [1.807, 2.05) is 0 Å². The minimum absolute atomic E-state index is 0.000345. The van der Waals surface area contributed by atoms with Gasteiger partial charge in [-0.25, -0.2) is 5.01 Å². The number of carbonyl (C=O) groups is 4. The number of ketones is 1. The molecule has 1 aliphatic heterocycles. The summed E-state index contributed by atoms with van der Waals surface area (Å²) in [5, 5.41) is 2.56. The number of fused-ring (bicyclic) bond motifs is 1. The van der Waals surface area contributed by atoms with Crippen LogP contribution < -0.4 is 0 Å². The summed E-state index contributed by atoms with van der Waals surface area (Å²) in [6.07, 6.45) is 0.864. The Morgan fingerprint density at radius 1 is 0.853 bits per heavy atom. The maximum absolute atomic E-state index is 13.5. The monoisotopic (exact) mass is 648 g/mol. The minimum Gasteiger partial charge on any atom is -0.292 e. The first-order valence-electron chi connectivity index (χ1n) is 10.3. The van der Waals surface area contributed by atoms with Gasteiger partial charge in [-0.15, -0.1) is 0 Å². The lowest BCUT2D eigenvalue weighted by atomic mass is 9.81. The maximum Gasteiger partial charge on any atom is 0.273 e. The molecule has 0 bridgehead atoms. The molecular weight excluding hydrogens is 634 g/mol. The van der Waals surface area contributed by atoms with Crippen molar-refractivity contribution in [2.45, 2.75) is 22.5 Å². The molecule has 1 aliphatic carbocycles. The van der Waals surface area contributed by atoms with Crippen LogP contribution in [-0.4, -0.2) is 49.7 Å². The summed E-state index contributed by atoms with van der Waals surface area (Å²) in [6.45, 7) is -0.521. The highest BCUT2D eigenvalue weighted by molar-refractivity contribution is 9.12. The number of halogens is 5. The van der Waals surface area contributed by atoms with Gasteiger partial charge in [0.1, 0.15) is 6.54 Å². The molecular formula is C23H17Br2Cl3N2O4. The van der Waals surface area contributed by atoms with Crippen LogP contribution in [0.2, 0.25) is 15.1 Å². The van der Waals surface area contributed by atoms with E-state index >= 15 is 0 Å². The van der Waals surface area contributed by atoms with Crippen LogP contribution >= 0.6 is 66.7 Å². The van der Waals surface area contributed by atoms with E-state index in [1.54, 1.807) is 12.1 Å². The fourth-order valence-corrected chi connectivity index (χ4v) is 5.85. The van der Waals surface area contributed by atoms with Crippen molar-refractivity contribution >= 4 is 90.2 Å². The number of alkyl halides is 2. The van der Waals surface area contributed by atoms with E-state index in [0.717, 1.165) is 10.0 Å². The largest absolute Gasteiger partial charge is 0.292 e. The third kappa shape index (κ3) is 4.93. The molecule has 2 aromatic rings. The van der Waals surface area contributed by atoms with E-state index in [4.69, 9.17) is 34.8 Å². The van der Waals surface area contributed by atoms with E-state index in [-0.39, 0.29) is 30.8 Å². The second-order valence-corrected chi connectivity index (χ2v) is 11.7. The summed E-state index contributed by atoms with van der Waals surface area (Å²) < 4.78 is 0. The zero-order valence-electron chi connectivity index (χ0n) is 17.4. The summed E-state index contributed by atoms with van der Waals surface area (Å²) >= 11 is 25.1. The van der Waals surface area contributed by atoms with Gasteiger partial charge in [0.05, 0.1) is 21.9 Å². The van der Waals surface area contributed by atoms with Gasteiger partial charge in [0.2, 0.25) is 0 Å². The zero-order valence-corrected chi connectivity index (χ0v) is 22.8. The number of hydrogen-bond acceptors (Lipinski definition) is 4. The van der Waals surface area contributed by atoms with Crippen molar-refractivity contribution in [3.05, 3.63) is 68.7 Å². The predicted octanol–water partition coefficient (Wildman–Crippen LogP) is 5.81. The molecule has 2 aliphatic rings. The quantitative estimate of drug-likeness (QED) is 0.233. The highest BCUT2D eigenvalue weighted by Crippen LogP contribution is 2.43. The molecule has 4 atom stereocenters. The van der Waals surface area contributed by atoms with Crippen molar-refractivity contribution in [3.8, 4) is 0 Å². The molecule has 0 aromatic heterocycles. The van der Waals surface area contributed by atoms with Crippen LogP contribution in [0.15, 0.2) is 42.5 Å². The maximum atomic E-state index is 13.5. The standard InChI is InChI=1S/C23H17Br2Cl3N2O4/c24-16-8-14-15(9-17(16)25)23(34)30(22(14)33)29(10-20(31)11-1-4-13(26)5-2-11)21(32)12-3-6-18(27)19(28)7-12/h1-7,14-17H,8-10H2/t14-,15+,16-,17-/m0/s1. The lowest BCUT2D eigenvalue weighted by Gasteiger charge is -2.30. The van der Waals surface area contributed by atoms with E-state index in [1.165, 1.54) is 30.3 Å². The molecule has 11 heteroatoms. The fourth-order valence-electron chi connectivity index (χ4n) is 4.19. The molecule has 2 fully saturated rings. The van der Waals surface area contributed by atoms with Crippen molar-refractivity contribution in [2.24, 2.45) is 11.8 Å². The molecule has 0 spiro atoms. The van der Waals surface area contributed by atoms with E-state index in [9.17, 15) is 19.2 Å². The molecule has 1 heterocycles. The van der Waals surface area contributed by atoms with Gasteiger partial charge in [0.15, 0.2) is 5.78 Å². The Morgan fingerprint density at radius 2 is 1.38 bits per heavy atom. The van der Waals surface area contributed by atoms with Crippen LogP contribution in [0, 0.1) is 11.8 Å². The average molecular weight is 652 g/mol. The van der Waals surface area contributed by atoms with Gasteiger partial charge >= 0.3 is 0 Å². The highest BCUT2D eigenvalue weighted by Gasteiger charge is 2.54. The number of amides is 3. The number of imide groups is 1. The van der Waals surface area contributed by atoms with Gasteiger partial charge in [0, 0.05) is 25.8 Å². The van der Waals surface area contributed by atoms with Crippen LogP contribution in [0.1, 0.15) is 33.6 Å². The van der Waals surface area contributed by atoms with Gasteiger partial charge in [-0.05, 0) is 55.3 Å². The Hall–Kier alpha value is -1.45. The summed E-state index contributed by atoms with van der Waals surface area (Å²) in [4.78, 5) is 53.3. The first-order valence-corrected chi connectivity index (χ1v) is 13.3. The average Bonchev–Trinajstić information content (AvgIpc) is 3.03. The Labute approximate surface area is 227 Å². The lowest BCUT2D eigenvalue weighted by molar-refractivity contribution is -0.154. The SMILES string of the molecule is O=C(CN(C(=O)c1ccc(Cl)c(Cl)c1)N1C(=O)[C@H]2C[C@H](Br)[C@@H](Br)C[C@H]2C1=O)c1ccc(Cl)cc1. The van der Waals surface area contributed by atoms with Gasteiger partial charge in [-0.1, -0.05) is 66.7 Å². The van der Waals surface area contributed by atoms with Crippen LogP contribution in [0.3, 0.4) is 0 Å². The molecule has 1 saturated heterocycles. The Bertz CT molecular complexity index is 1150.